The molecular weight excluding hydrogens is 479 g/mol. The Morgan fingerprint density at radius 3 is 2.42 bits per heavy atom. The predicted molar refractivity (Wildman–Crippen MR) is 149 cm³/mol. The van der Waals surface area contributed by atoms with E-state index in [1.807, 2.05) is 24.1 Å². The number of hydrogen-bond acceptors (Lipinski definition) is 6. The van der Waals surface area contributed by atoms with E-state index < -0.39 is 0 Å². The number of benzene rings is 1. The Morgan fingerprint density at radius 1 is 1.08 bits per heavy atom. The van der Waals surface area contributed by atoms with Crippen LogP contribution in [0, 0.1) is 41.3 Å². The molecule has 1 N–H and O–H groups in total. The molecule has 198 valence electrons. The van der Waals surface area contributed by atoms with Crippen LogP contribution in [0.3, 0.4) is 0 Å². The minimum Gasteiger partial charge on any atom is -0.385 e. The van der Waals surface area contributed by atoms with Crippen molar-refractivity contribution < 1.29 is 4.39 Å². The van der Waals surface area contributed by atoms with Crippen LogP contribution in [0.2, 0.25) is 0 Å². The number of rotatable bonds is 5. The van der Waals surface area contributed by atoms with Crippen molar-refractivity contribution >= 4 is 22.4 Å². The van der Waals surface area contributed by atoms with Gasteiger partial charge in [0.25, 0.3) is 5.56 Å². The summed E-state index contributed by atoms with van der Waals surface area (Å²) in [5.41, 5.74) is 3.54. The van der Waals surface area contributed by atoms with Gasteiger partial charge >= 0.3 is 0 Å². The first-order chi connectivity index (χ1) is 18.3. The Morgan fingerprint density at radius 2 is 1.82 bits per heavy atom. The molecule has 0 spiro atoms. The zero-order valence-electron chi connectivity index (χ0n) is 22.4. The second-order valence-electron chi connectivity index (χ2n) is 10.4. The third-order valence-corrected chi connectivity index (χ3v) is 7.89. The Labute approximate surface area is 223 Å². The number of fused-ring (bicyclic) bond motifs is 1. The standard InChI is InChI=1S/C18H19N5O.C12H16FN/c1-22(13-6-4-3-5-7-13)17-14(11-20)18(24)23(2)15-9-8-12(10-19)21-16(15)17;1-9-7-11(5-6-12(9)13)14-8-10-3-2-4-10/h8-9,13H,3-7H2,1-2H3;5-7,10,14H,2-4,8H2,1H3. The molecule has 5 rings (SSSR count). The van der Waals surface area contributed by atoms with Crippen molar-refractivity contribution in [2.24, 2.45) is 13.0 Å². The predicted octanol–water partition coefficient (Wildman–Crippen LogP) is 5.79. The van der Waals surface area contributed by atoms with E-state index in [2.05, 4.69) is 16.4 Å². The number of hydrogen-bond donors (Lipinski definition) is 1. The molecule has 38 heavy (non-hydrogen) atoms. The fourth-order valence-corrected chi connectivity index (χ4v) is 5.26. The monoisotopic (exact) mass is 514 g/mol. The summed E-state index contributed by atoms with van der Waals surface area (Å²) in [6, 6.07) is 12.9. The molecule has 2 aliphatic carbocycles. The average molecular weight is 515 g/mol. The summed E-state index contributed by atoms with van der Waals surface area (Å²) in [5.74, 6) is 0.708. The fraction of sp³-hybridized carbons (Fsp3) is 0.467. The van der Waals surface area contributed by atoms with E-state index in [-0.39, 0.29) is 28.7 Å². The molecule has 7 nitrogen and oxygen atoms in total. The highest BCUT2D eigenvalue weighted by atomic mass is 19.1. The van der Waals surface area contributed by atoms with Crippen LogP contribution in [0.5, 0.6) is 0 Å². The Balaban J connectivity index is 0.000000204. The van der Waals surface area contributed by atoms with Crippen molar-refractivity contribution in [1.29, 1.82) is 10.5 Å². The SMILES string of the molecule is CN(c1c(C#N)c(=O)n(C)c2ccc(C#N)nc12)C1CCCCC1.Cc1cc(NCC2CCC2)ccc1F. The topological polar surface area (TPSA) is 97.7 Å². The highest BCUT2D eigenvalue weighted by Gasteiger charge is 2.26. The summed E-state index contributed by atoms with van der Waals surface area (Å²) in [6.45, 7) is 2.83. The second kappa shape index (κ2) is 12.1. The number of aromatic nitrogens is 2. The Hall–Kier alpha value is -3.91. The van der Waals surface area contributed by atoms with Gasteiger partial charge in [-0.1, -0.05) is 25.7 Å². The minimum atomic E-state index is -0.325. The smallest absolute Gasteiger partial charge is 0.270 e. The molecule has 0 unspecified atom stereocenters. The van der Waals surface area contributed by atoms with Gasteiger partial charge in [-0.15, -0.1) is 0 Å². The molecule has 2 saturated carbocycles. The Bertz CT molecular complexity index is 1440. The summed E-state index contributed by atoms with van der Waals surface area (Å²) < 4.78 is 14.4. The normalized spacial score (nSPS) is 15.5. The Kier molecular flexibility index (Phi) is 8.63. The van der Waals surface area contributed by atoms with Gasteiger partial charge < -0.3 is 14.8 Å². The van der Waals surface area contributed by atoms with Crippen molar-refractivity contribution in [3.63, 3.8) is 0 Å². The maximum atomic E-state index is 12.9. The number of anilines is 2. The van der Waals surface area contributed by atoms with E-state index in [1.165, 1.54) is 36.3 Å². The number of nitrogens with zero attached hydrogens (tertiary/aromatic N) is 5. The molecule has 0 atom stereocenters. The average Bonchev–Trinajstić information content (AvgIpc) is 2.91. The summed E-state index contributed by atoms with van der Waals surface area (Å²) in [5, 5.41) is 22.1. The molecule has 2 aliphatic rings. The van der Waals surface area contributed by atoms with Gasteiger partial charge in [0.05, 0.1) is 11.2 Å². The maximum absolute atomic E-state index is 12.9. The van der Waals surface area contributed by atoms with Gasteiger partial charge in [0.15, 0.2) is 0 Å². The van der Waals surface area contributed by atoms with E-state index in [4.69, 9.17) is 5.26 Å². The maximum Gasteiger partial charge on any atom is 0.270 e. The fourth-order valence-electron chi connectivity index (χ4n) is 5.26. The van der Waals surface area contributed by atoms with Crippen LogP contribution in [0.1, 0.15) is 68.2 Å². The second-order valence-corrected chi connectivity index (χ2v) is 10.4. The molecule has 0 saturated heterocycles. The van der Waals surface area contributed by atoms with E-state index in [0.29, 0.717) is 22.3 Å². The molecule has 0 bridgehead atoms. The zero-order valence-corrected chi connectivity index (χ0v) is 22.4. The summed E-state index contributed by atoms with van der Waals surface area (Å²) in [7, 11) is 3.55. The van der Waals surface area contributed by atoms with Crippen molar-refractivity contribution in [3.8, 4) is 12.1 Å². The number of pyridine rings is 2. The van der Waals surface area contributed by atoms with Gasteiger partial charge in [0.1, 0.15) is 34.7 Å². The molecule has 2 heterocycles. The van der Waals surface area contributed by atoms with Gasteiger partial charge in [0, 0.05) is 32.4 Å². The molecule has 2 aromatic heterocycles. The highest BCUT2D eigenvalue weighted by Crippen LogP contribution is 2.32. The van der Waals surface area contributed by atoms with E-state index in [9.17, 15) is 14.4 Å². The van der Waals surface area contributed by atoms with Crippen LogP contribution in [0.4, 0.5) is 15.8 Å². The molecular formula is C30H35FN6O. The summed E-state index contributed by atoms with van der Waals surface area (Å²) in [6.07, 6.45) is 9.65. The van der Waals surface area contributed by atoms with Crippen LogP contribution >= 0.6 is 0 Å². The molecule has 0 radical (unpaired) electrons. The lowest BCUT2D eigenvalue weighted by Gasteiger charge is -2.33. The number of nitrogens with one attached hydrogen (secondary N) is 1. The van der Waals surface area contributed by atoms with Gasteiger partial charge in [-0.2, -0.15) is 10.5 Å². The minimum absolute atomic E-state index is 0.0978. The molecule has 2 fully saturated rings. The summed E-state index contributed by atoms with van der Waals surface area (Å²) >= 11 is 0. The largest absolute Gasteiger partial charge is 0.385 e. The van der Waals surface area contributed by atoms with Gasteiger partial charge in [-0.25, -0.2) is 9.37 Å². The molecule has 0 amide bonds. The van der Waals surface area contributed by atoms with Crippen LogP contribution < -0.4 is 15.8 Å². The zero-order chi connectivity index (χ0) is 27.2. The number of nitriles is 2. The first-order valence-corrected chi connectivity index (χ1v) is 13.4. The first-order valence-electron chi connectivity index (χ1n) is 13.4. The van der Waals surface area contributed by atoms with Crippen molar-refractivity contribution in [2.45, 2.75) is 64.3 Å². The van der Waals surface area contributed by atoms with Crippen LogP contribution in [0.25, 0.3) is 11.0 Å². The lowest BCUT2D eigenvalue weighted by atomic mass is 9.85. The van der Waals surface area contributed by atoms with Crippen molar-refractivity contribution in [2.75, 3.05) is 23.8 Å². The van der Waals surface area contributed by atoms with Gasteiger partial charge in [-0.3, -0.25) is 4.79 Å². The van der Waals surface area contributed by atoms with E-state index in [0.717, 1.165) is 43.8 Å². The van der Waals surface area contributed by atoms with Crippen LogP contribution in [-0.4, -0.2) is 29.2 Å². The van der Waals surface area contributed by atoms with Gasteiger partial charge in [0.2, 0.25) is 0 Å². The van der Waals surface area contributed by atoms with Crippen LogP contribution in [-0.2, 0) is 7.05 Å². The lowest BCUT2D eigenvalue weighted by Crippen LogP contribution is -2.36. The summed E-state index contributed by atoms with van der Waals surface area (Å²) in [4.78, 5) is 19.0. The third-order valence-electron chi connectivity index (χ3n) is 7.89. The van der Waals surface area contributed by atoms with Crippen LogP contribution in [0.15, 0.2) is 35.1 Å². The quantitative estimate of drug-likeness (QED) is 0.463. The van der Waals surface area contributed by atoms with Crippen molar-refractivity contribution in [3.05, 3.63) is 63.3 Å². The molecule has 0 aliphatic heterocycles. The third kappa shape index (κ3) is 5.81. The van der Waals surface area contributed by atoms with E-state index in [1.54, 1.807) is 32.2 Å². The first kappa shape index (κ1) is 27.1. The van der Waals surface area contributed by atoms with Gasteiger partial charge in [-0.05, 0) is 74.4 Å². The number of halogens is 1. The number of aryl methyl sites for hydroxylation is 2. The molecule has 3 aromatic rings. The molecule has 8 heteroatoms. The van der Waals surface area contributed by atoms with Crippen molar-refractivity contribution in [1.82, 2.24) is 9.55 Å². The molecule has 1 aromatic carbocycles. The lowest BCUT2D eigenvalue weighted by molar-refractivity contribution is 0.333. The highest BCUT2D eigenvalue weighted by molar-refractivity contribution is 5.92. The van der Waals surface area contributed by atoms with E-state index >= 15 is 0 Å².